The van der Waals surface area contributed by atoms with Crippen LogP contribution in [0.5, 0.6) is 5.75 Å². The van der Waals surface area contributed by atoms with Gasteiger partial charge in [0, 0.05) is 16.8 Å². The normalized spacial score (nSPS) is 10.4. The summed E-state index contributed by atoms with van der Waals surface area (Å²) in [4.78, 5) is 4.16. The molecule has 1 aromatic heterocycles. The van der Waals surface area contributed by atoms with E-state index in [4.69, 9.17) is 16.3 Å². The number of hydrogen-bond acceptors (Lipinski definition) is 3. The lowest BCUT2D eigenvalue weighted by atomic mass is 10.2. The summed E-state index contributed by atoms with van der Waals surface area (Å²) in [6.07, 6.45) is 1.97. The predicted molar refractivity (Wildman–Crippen MR) is 71.8 cm³/mol. The molecule has 0 aliphatic carbocycles. The molecule has 0 unspecified atom stereocenters. The van der Waals surface area contributed by atoms with E-state index < -0.39 is 0 Å². The summed E-state index contributed by atoms with van der Waals surface area (Å²) < 4.78 is 5.65. The summed E-state index contributed by atoms with van der Waals surface area (Å²) in [5.74, 6) is 1.57. The Morgan fingerprint density at radius 1 is 1.35 bits per heavy atom. The second kappa shape index (κ2) is 6.62. The number of aromatic nitrogens is 1. The Kier molecular flexibility index (Phi) is 4.83. The highest BCUT2D eigenvalue weighted by Crippen LogP contribution is 2.23. The van der Waals surface area contributed by atoms with Crippen LogP contribution in [0, 0.1) is 5.51 Å². The highest BCUT2D eigenvalue weighted by atomic mass is 35.5. The highest BCUT2D eigenvalue weighted by molar-refractivity contribution is 7.07. The van der Waals surface area contributed by atoms with Crippen LogP contribution in [0.25, 0.3) is 11.3 Å². The highest BCUT2D eigenvalue weighted by Gasteiger charge is 2.01. The first-order chi connectivity index (χ1) is 8.40. The topological polar surface area (TPSA) is 22.1 Å². The van der Waals surface area contributed by atoms with E-state index in [2.05, 4.69) is 10.5 Å². The summed E-state index contributed by atoms with van der Waals surface area (Å²) in [6, 6.07) is 7.96. The van der Waals surface area contributed by atoms with Crippen LogP contribution in [0.3, 0.4) is 0 Å². The Labute approximate surface area is 110 Å². The molecule has 0 bridgehead atoms. The maximum Gasteiger partial charge on any atom is 0.152 e. The minimum Gasteiger partial charge on any atom is -0.494 e. The predicted octanol–water partition coefficient (Wildman–Crippen LogP) is 4.01. The number of rotatable bonds is 6. The lowest BCUT2D eigenvalue weighted by Gasteiger charge is -2.06. The molecule has 0 aliphatic rings. The average Bonchev–Trinajstić information content (AvgIpc) is 2.89. The quantitative estimate of drug-likeness (QED) is 0.582. The van der Waals surface area contributed by atoms with Crippen molar-refractivity contribution < 1.29 is 4.74 Å². The van der Waals surface area contributed by atoms with E-state index in [-0.39, 0.29) is 0 Å². The molecule has 89 valence electrons. The first-order valence-electron chi connectivity index (χ1n) is 5.51. The molecule has 0 atom stereocenters. The summed E-state index contributed by atoms with van der Waals surface area (Å²) in [6.45, 7) is 0.708. The van der Waals surface area contributed by atoms with Crippen molar-refractivity contribution in [2.24, 2.45) is 0 Å². The minimum absolute atomic E-state index is 0.693. The van der Waals surface area contributed by atoms with Crippen LogP contribution in [0.4, 0.5) is 0 Å². The fourth-order valence-corrected chi connectivity index (χ4v) is 2.14. The van der Waals surface area contributed by atoms with E-state index in [9.17, 15) is 0 Å². The maximum absolute atomic E-state index is 5.65. The van der Waals surface area contributed by atoms with Crippen LogP contribution in [-0.4, -0.2) is 17.5 Å². The number of thiazole rings is 1. The second-order valence-electron chi connectivity index (χ2n) is 3.60. The van der Waals surface area contributed by atoms with Gasteiger partial charge >= 0.3 is 0 Å². The van der Waals surface area contributed by atoms with Crippen molar-refractivity contribution in [3.05, 3.63) is 35.2 Å². The Bertz CT molecular complexity index is 444. The number of halogens is 1. The molecule has 1 radical (unpaired) electrons. The van der Waals surface area contributed by atoms with Gasteiger partial charge in [0.1, 0.15) is 5.75 Å². The van der Waals surface area contributed by atoms with E-state index in [1.54, 1.807) is 0 Å². The van der Waals surface area contributed by atoms with Gasteiger partial charge in [0.2, 0.25) is 0 Å². The summed E-state index contributed by atoms with van der Waals surface area (Å²) in [5.41, 5.74) is 4.86. The van der Waals surface area contributed by atoms with Crippen LogP contribution in [0.15, 0.2) is 29.6 Å². The van der Waals surface area contributed by atoms with Crippen LogP contribution in [-0.2, 0) is 0 Å². The number of benzene rings is 1. The number of alkyl halides is 1. The third-order valence-electron chi connectivity index (χ3n) is 2.32. The lowest BCUT2D eigenvalue weighted by molar-refractivity contribution is 0.310. The molecule has 4 heteroatoms. The summed E-state index contributed by atoms with van der Waals surface area (Å²) in [5, 5.41) is 1.98. The zero-order chi connectivity index (χ0) is 11.9. The smallest absolute Gasteiger partial charge is 0.152 e. The van der Waals surface area contributed by atoms with Gasteiger partial charge in [-0.3, -0.25) is 0 Å². The Balaban J connectivity index is 1.97. The van der Waals surface area contributed by atoms with Gasteiger partial charge in [0.25, 0.3) is 0 Å². The average molecular weight is 267 g/mol. The third-order valence-corrected chi connectivity index (χ3v) is 3.12. The molecule has 0 saturated heterocycles. The van der Waals surface area contributed by atoms with Gasteiger partial charge < -0.3 is 4.74 Å². The molecule has 0 saturated carbocycles. The number of nitrogens with zero attached hydrogens (tertiary/aromatic N) is 1. The number of ether oxygens (including phenoxy) is 1. The van der Waals surface area contributed by atoms with Crippen LogP contribution in [0.2, 0.25) is 0 Å². The molecule has 2 rings (SSSR count). The molecule has 0 fully saturated rings. The van der Waals surface area contributed by atoms with E-state index in [0.29, 0.717) is 12.5 Å². The molecule has 0 amide bonds. The standard InChI is InChI=1S/C13H13ClNOS/c14-6-1-2-7-16-12-5-3-4-11(8-12)13-9-17-10-15-13/h3-5,8-9H,1-2,6-7H2. The molecule has 0 spiro atoms. The summed E-state index contributed by atoms with van der Waals surface area (Å²) >= 11 is 7.08. The van der Waals surface area contributed by atoms with E-state index >= 15 is 0 Å². The van der Waals surface area contributed by atoms with Gasteiger partial charge in [-0.15, -0.1) is 22.9 Å². The Morgan fingerprint density at radius 3 is 3.06 bits per heavy atom. The second-order valence-corrected chi connectivity index (χ2v) is 4.63. The van der Waals surface area contributed by atoms with Crippen LogP contribution < -0.4 is 4.74 Å². The minimum atomic E-state index is 0.693. The summed E-state index contributed by atoms with van der Waals surface area (Å²) in [7, 11) is 0. The molecule has 1 aromatic carbocycles. The molecular formula is C13H13ClNOS. The number of unbranched alkanes of at least 4 members (excludes halogenated alkanes) is 1. The largest absolute Gasteiger partial charge is 0.494 e. The number of hydrogen-bond donors (Lipinski definition) is 0. The third kappa shape index (κ3) is 3.72. The van der Waals surface area contributed by atoms with Crippen LogP contribution in [0.1, 0.15) is 12.8 Å². The zero-order valence-corrected chi connectivity index (χ0v) is 10.9. The zero-order valence-electron chi connectivity index (χ0n) is 9.36. The van der Waals surface area contributed by atoms with Gasteiger partial charge in [-0.05, 0) is 25.0 Å². The first kappa shape index (κ1) is 12.4. The molecule has 17 heavy (non-hydrogen) atoms. The van der Waals surface area contributed by atoms with E-state index in [0.717, 1.165) is 29.8 Å². The first-order valence-corrected chi connectivity index (χ1v) is 6.92. The van der Waals surface area contributed by atoms with Crippen molar-refractivity contribution in [2.45, 2.75) is 12.8 Å². The van der Waals surface area contributed by atoms with Crippen molar-refractivity contribution in [3.8, 4) is 17.0 Å². The Hall–Kier alpha value is -1.06. The van der Waals surface area contributed by atoms with Crippen molar-refractivity contribution in [3.63, 3.8) is 0 Å². The van der Waals surface area contributed by atoms with E-state index in [1.807, 2.05) is 29.6 Å². The van der Waals surface area contributed by atoms with Gasteiger partial charge in [0.15, 0.2) is 5.51 Å². The van der Waals surface area contributed by atoms with E-state index in [1.165, 1.54) is 11.3 Å². The van der Waals surface area contributed by atoms with Crippen molar-refractivity contribution in [1.29, 1.82) is 0 Å². The molecule has 1 heterocycles. The maximum atomic E-state index is 5.65. The SMILES string of the molecule is ClCCCCOc1cccc(-c2cs[c]n2)c1. The lowest BCUT2D eigenvalue weighted by Crippen LogP contribution is -1.97. The van der Waals surface area contributed by atoms with Gasteiger partial charge in [-0.2, -0.15) is 0 Å². The molecule has 0 N–H and O–H groups in total. The van der Waals surface area contributed by atoms with Gasteiger partial charge in [0.05, 0.1) is 12.3 Å². The molecule has 2 nitrogen and oxygen atoms in total. The fraction of sp³-hybridized carbons (Fsp3) is 0.308. The molecule has 0 aliphatic heterocycles. The van der Waals surface area contributed by atoms with Crippen molar-refractivity contribution >= 4 is 22.9 Å². The molecular weight excluding hydrogens is 254 g/mol. The van der Waals surface area contributed by atoms with Crippen molar-refractivity contribution in [1.82, 2.24) is 4.98 Å². The van der Waals surface area contributed by atoms with Gasteiger partial charge in [-0.25, -0.2) is 4.98 Å². The van der Waals surface area contributed by atoms with Crippen molar-refractivity contribution in [2.75, 3.05) is 12.5 Å². The Morgan fingerprint density at radius 2 is 2.29 bits per heavy atom. The van der Waals surface area contributed by atoms with Gasteiger partial charge in [-0.1, -0.05) is 12.1 Å². The fourth-order valence-electron chi connectivity index (χ4n) is 1.45. The monoisotopic (exact) mass is 266 g/mol. The van der Waals surface area contributed by atoms with Crippen LogP contribution >= 0.6 is 22.9 Å². The molecule has 2 aromatic rings.